The molecule has 0 unspecified atom stereocenters. The van der Waals surface area contributed by atoms with E-state index in [0.29, 0.717) is 0 Å². The Balaban J connectivity index is 2.77. The summed E-state index contributed by atoms with van der Waals surface area (Å²) in [5.41, 5.74) is 0.808. The fourth-order valence-electron chi connectivity index (χ4n) is 0.947. The lowest BCUT2D eigenvalue weighted by atomic mass is 10.3. The normalized spacial score (nSPS) is 13.3. The Hall–Kier alpha value is -1.03. The van der Waals surface area contributed by atoms with Gasteiger partial charge in [0.25, 0.3) is 0 Å². The van der Waals surface area contributed by atoms with Gasteiger partial charge in [0.15, 0.2) is 0 Å². The fourth-order valence-corrected chi connectivity index (χ4v) is 1.59. The maximum atomic E-state index is 11.8. The number of hydrogen-bond donors (Lipinski definition) is 1. The Morgan fingerprint density at radius 2 is 2.00 bits per heavy atom. The van der Waals surface area contributed by atoms with Crippen molar-refractivity contribution in [2.75, 3.05) is 11.8 Å². The fraction of sp³-hybridized carbons (Fsp3) is 0.455. The standard InChI is InChI=1S/C11H17NO2S/c1-11(2,3)15(13)12-9-6-5-7-10(8-9)14-4/h5-8,12H,1-4H3/t15-/m0/s1. The van der Waals surface area contributed by atoms with Crippen LogP contribution in [0, 0.1) is 0 Å². The highest BCUT2D eigenvalue weighted by atomic mass is 32.2. The van der Waals surface area contributed by atoms with Crippen LogP contribution in [0.15, 0.2) is 24.3 Å². The summed E-state index contributed by atoms with van der Waals surface area (Å²) in [6.45, 7) is 5.78. The molecule has 1 rings (SSSR count). The Bertz CT molecular complexity index is 358. The predicted octanol–water partition coefficient (Wildman–Crippen LogP) is 2.57. The minimum absolute atomic E-state index is 0.275. The lowest BCUT2D eigenvalue weighted by Gasteiger charge is -2.18. The van der Waals surface area contributed by atoms with Crippen molar-refractivity contribution in [3.63, 3.8) is 0 Å². The Morgan fingerprint density at radius 1 is 1.33 bits per heavy atom. The summed E-state index contributed by atoms with van der Waals surface area (Å²) in [5, 5.41) is 0. The summed E-state index contributed by atoms with van der Waals surface area (Å²) in [6, 6.07) is 7.40. The number of benzene rings is 1. The van der Waals surface area contributed by atoms with Crippen LogP contribution in [0.1, 0.15) is 20.8 Å². The highest BCUT2D eigenvalue weighted by Gasteiger charge is 2.19. The van der Waals surface area contributed by atoms with Crippen molar-refractivity contribution < 1.29 is 8.95 Å². The van der Waals surface area contributed by atoms with E-state index in [0.717, 1.165) is 11.4 Å². The SMILES string of the molecule is COc1cccc(N[S@@](=O)C(C)(C)C)c1. The number of rotatable bonds is 3. The van der Waals surface area contributed by atoms with E-state index in [4.69, 9.17) is 4.74 Å². The van der Waals surface area contributed by atoms with Crippen LogP contribution in [-0.4, -0.2) is 16.1 Å². The molecule has 0 bridgehead atoms. The van der Waals surface area contributed by atoms with Gasteiger partial charge in [-0.3, -0.25) is 0 Å². The smallest absolute Gasteiger partial charge is 0.122 e. The molecule has 0 fully saturated rings. The first-order valence-electron chi connectivity index (χ1n) is 4.76. The molecule has 3 nitrogen and oxygen atoms in total. The monoisotopic (exact) mass is 227 g/mol. The maximum Gasteiger partial charge on any atom is 0.122 e. The average molecular weight is 227 g/mol. The summed E-state index contributed by atoms with van der Waals surface area (Å²) in [7, 11) is 0.507. The van der Waals surface area contributed by atoms with Crippen molar-refractivity contribution in [1.82, 2.24) is 0 Å². The van der Waals surface area contributed by atoms with Crippen LogP contribution >= 0.6 is 0 Å². The summed E-state index contributed by atoms with van der Waals surface area (Å²) < 4.78 is 19.5. The average Bonchev–Trinajstić information content (AvgIpc) is 2.16. The van der Waals surface area contributed by atoms with Crippen molar-refractivity contribution >= 4 is 16.7 Å². The molecular weight excluding hydrogens is 210 g/mol. The van der Waals surface area contributed by atoms with Crippen LogP contribution in [0.25, 0.3) is 0 Å². The largest absolute Gasteiger partial charge is 0.497 e. The Labute approximate surface area is 93.4 Å². The van der Waals surface area contributed by atoms with E-state index in [1.54, 1.807) is 7.11 Å². The third-order valence-corrected chi connectivity index (χ3v) is 3.37. The second kappa shape index (κ2) is 4.66. The molecule has 1 aromatic rings. The molecule has 0 radical (unpaired) electrons. The zero-order valence-electron chi connectivity index (χ0n) is 9.53. The maximum absolute atomic E-state index is 11.8. The molecular formula is C11H17NO2S. The summed E-state index contributed by atoms with van der Waals surface area (Å²) in [4.78, 5) is 0. The van der Waals surface area contributed by atoms with E-state index in [9.17, 15) is 4.21 Å². The first kappa shape index (κ1) is 12.0. The Kier molecular flexibility index (Phi) is 3.74. The second-order valence-corrected chi connectivity index (χ2v) is 6.18. The molecule has 0 aromatic heterocycles. The summed E-state index contributed by atoms with van der Waals surface area (Å²) in [6.07, 6.45) is 0. The minimum Gasteiger partial charge on any atom is -0.497 e. The lowest BCUT2D eigenvalue weighted by Crippen LogP contribution is -2.27. The third-order valence-electron chi connectivity index (χ3n) is 1.84. The number of anilines is 1. The van der Waals surface area contributed by atoms with E-state index < -0.39 is 11.0 Å². The number of nitrogens with one attached hydrogen (secondary N) is 1. The summed E-state index contributed by atoms with van der Waals surface area (Å²) >= 11 is 0. The molecule has 0 heterocycles. The van der Waals surface area contributed by atoms with Gasteiger partial charge in [-0.2, -0.15) is 0 Å². The number of hydrogen-bond acceptors (Lipinski definition) is 2. The van der Waals surface area contributed by atoms with Crippen LogP contribution in [0.3, 0.4) is 0 Å². The molecule has 0 amide bonds. The lowest BCUT2D eigenvalue weighted by molar-refractivity contribution is 0.415. The van der Waals surface area contributed by atoms with Gasteiger partial charge in [0.2, 0.25) is 0 Å². The highest BCUT2D eigenvalue weighted by Crippen LogP contribution is 2.20. The second-order valence-electron chi connectivity index (χ2n) is 4.22. The van der Waals surface area contributed by atoms with Gasteiger partial charge in [-0.1, -0.05) is 6.07 Å². The van der Waals surface area contributed by atoms with Crippen LogP contribution in [0.4, 0.5) is 5.69 Å². The predicted molar refractivity (Wildman–Crippen MR) is 64.5 cm³/mol. The molecule has 1 N–H and O–H groups in total. The van der Waals surface area contributed by atoms with Crippen molar-refractivity contribution in [3.8, 4) is 5.75 Å². The first-order chi connectivity index (χ1) is 6.93. The summed E-state index contributed by atoms with van der Waals surface area (Å²) in [5.74, 6) is 0.755. The van der Waals surface area contributed by atoms with E-state index >= 15 is 0 Å². The van der Waals surface area contributed by atoms with Gasteiger partial charge in [-0.15, -0.1) is 0 Å². The van der Waals surface area contributed by atoms with Crippen molar-refractivity contribution in [2.45, 2.75) is 25.5 Å². The molecule has 4 heteroatoms. The van der Waals surface area contributed by atoms with Gasteiger partial charge >= 0.3 is 0 Å². The number of ether oxygens (including phenoxy) is 1. The number of methoxy groups -OCH3 is 1. The van der Waals surface area contributed by atoms with Crippen LogP contribution < -0.4 is 9.46 Å². The minimum atomic E-state index is -1.10. The molecule has 15 heavy (non-hydrogen) atoms. The van der Waals surface area contributed by atoms with Crippen LogP contribution in [0.5, 0.6) is 5.75 Å². The molecule has 0 saturated heterocycles. The van der Waals surface area contributed by atoms with E-state index in [1.807, 2.05) is 45.0 Å². The van der Waals surface area contributed by atoms with Gasteiger partial charge in [0, 0.05) is 11.8 Å². The van der Waals surface area contributed by atoms with Crippen LogP contribution in [-0.2, 0) is 11.0 Å². The van der Waals surface area contributed by atoms with E-state index in [-0.39, 0.29) is 4.75 Å². The zero-order chi connectivity index (χ0) is 11.5. The molecule has 84 valence electrons. The van der Waals surface area contributed by atoms with Gasteiger partial charge in [0.05, 0.1) is 11.9 Å². The first-order valence-corrected chi connectivity index (χ1v) is 5.91. The van der Waals surface area contributed by atoms with Crippen molar-refractivity contribution in [2.24, 2.45) is 0 Å². The van der Waals surface area contributed by atoms with Gasteiger partial charge in [-0.05, 0) is 32.9 Å². The topological polar surface area (TPSA) is 38.3 Å². The molecule has 1 atom stereocenters. The van der Waals surface area contributed by atoms with Crippen LogP contribution in [0.2, 0.25) is 0 Å². The van der Waals surface area contributed by atoms with Gasteiger partial charge in [-0.25, -0.2) is 4.21 Å². The van der Waals surface area contributed by atoms with Crippen molar-refractivity contribution in [1.29, 1.82) is 0 Å². The molecule has 1 aromatic carbocycles. The molecule has 0 spiro atoms. The third kappa shape index (κ3) is 3.55. The molecule has 0 aliphatic rings. The zero-order valence-corrected chi connectivity index (χ0v) is 10.4. The van der Waals surface area contributed by atoms with Gasteiger partial charge < -0.3 is 9.46 Å². The highest BCUT2D eigenvalue weighted by molar-refractivity contribution is 7.87. The van der Waals surface area contributed by atoms with E-state index in [1.165, 1.54) is 0 Å². The van der Waals surface area contributed by atoms with E-state index in [2.05, 4.69) is 4.72 Å². The Morgan fingerprint density at radius 3 is 2.53 bits per heavy atom. The molecule has 0 aliphatic heterocycles. The molecule has 0 aliphatic carbocycles. The van der Waals surface area contributed by atoms with Crippen molar-refractivity contribution in [3.05, 3.63) is 24.3 Å². The van der Waals surface area contributed by atoms with Gasteiger partial charge in [0.1, 0.15) is 16.7 Å². The molecule has 0 saturated carbocycles. The quantitative estimate of drug-likeness (QED) is 0.862.